The van der Waals surface area contributed by atoms with E-state index >= 15 is 0 Å². The summed E-state index contributed by atoms with van der Waals surface area (Å²) < 4.78 is 36.7. The van der Waals surface area contributed by atoms with Gasteiger partial charge in [0.25, 0.3) is 5.91 Å². The largest absolute Gasteiger partial charge is 0.490 e. The fourth-order valence-electron chi connectivity index (χ4n) is 2.91. The SMILES string of the molecule is CCOc1cc(C(=O)Nc2ccc(-c3cn4ccsc4n3)cc2)ccc1OC(F)F. The number of carbonyl (C=O) groups is 1. The lowest BCUT2D eigenvalue weighted by Crippen LogP contribution is -2.12. The molecule has 0 atom stereocenters. The average molecular weight is 429 g/mol. The van der Waals surface area contributed by atoms with Gasteiger partial charge in [0.05, 0.1) is 12.3 Å². The second-order valence-corrected chi connectivity index (χ2v) is 7.10. The molecule has 0 spiro atoms. The fourth-order valence-corrected chi connectivity index (χ4v) is 3.61. The number of nitrogens with zero attached hydrogens (tertiary/aromatic N) is 2. The molecule has 6 nitrogen and oxygen atoms in total. The highest BCUT2D eigenvalue weighted by molar-refractivity contribution is 7.15. The van der Waals surface area contributed by atoms with Gasteiger partial charge in [-0.05, 0) is 37.3 Å². The quantitative estimate of drug-likeness (QED) is 0.432. The van der Waals surface area contributed by atoms with Crippen LogP contribution >= 0.6 is 11.3 Å². The van der Waals surface area contributed by atoms with E-state index in [0.717, 1.165) is 16.2 Å². The topological polar surface area (TPSA) is 64.9 Å². The maximum absolute atomic E-state index is 12.6. The second-order valence-electron chi connectivity index (χ2n) is 6.22. The van der Waals surface area contributed by atoms with Crippen LogP contribution in [0.25, 0.3) is 16.2 Å². The summed E-state index contributed by atoms with van der Waals surface area (Å²) in [6.45, 7) is -1.02. The summed E-state index contributed by atoms with van der Waals surface area (Å²) in [4.78, 5) is 18.0. The van der Waals surface area contributed by atoms with Gasteiger partial charge in [-0.15, -0.1) is 11.3 Å². The second kappa shape index (κ2) is 8.50. The van der Waals surface area contributed by atoms with Gasteiger partial charge in [0.15, 0.2) is 16.5 Å². The fraction of sp³-hybridized carbons (Fsp3) is 0.143. The van der Waals surface area contributed by atoms with Gasteiger partial charge in [-0.1, -0.05) is 12.1 Å². The van der Waals surface area contributed by atoms with Crippen molar-refractivity contribution in [3.05, 3.63) is 65.8 Å². The zero-order chi connectivity index (χ0) is 21.1. The predicted molar refractivity (Wildman–Crippen MR) is 111 cm³/mol. The van der Waals surface area contributed by atoms with Crippen LogP contribution in [-0.4, -0.2) is 28.5 Å². The third-order valence-electron chi connectivity index (χ3n) is 4.25. The van der Waals surface area contributed by atoms with E-state index in [0.29, 0.717) is 5.69 Å². The van der Waals surface area contributed by atoms with Crippen LogP contribution < -0.4 is 14.8 Å². The summed E-state index contributed by atoms with van der Waals surface area (Å²) in [5.74, 6) is -0.428. The number of alkyl halides is 2. The Morgan fingerprint density at radius 1 is 1.20 bits per heavy atom. The number of hydrogen-bond acceptors (Lipinski definition) is 5. The number of rotatable bonds is 7. The third kappa shape index (κ3) is 4.25. The Morgan fingerprint density at radius 3 is 2.70 bits per heavy atom. The Bertz CT molecular complexity index is 1140. The number of hydrogen-bond donors (Lipinski definition) is 1. The third-order valence-corrected chi connectivity index (χ3v) is 5.02. The van der Waals surface area contributed by atoms with Crippen molar-refractivity contribution in [2.75, 3.05) is 11.9 Å². The van der Waals surface area contributed by atoms with E-state index in [1.165, 1.54) is 18.2 Å². The molecule has 0 saturated heterocycles. The number of nitrogens with one attached hydrogen (secondary N) is 1. The van der Waals surface area contributed by atoms with Crippen LogP contribution in [-0.2, 0) is 0 Å². The first-order valence-electron chi connectivity index (χ1n) is 9.09. The van der Waals surface area contributed by atoms with Gasteiger partial charge in [0.2, 0.25) is 0 Å². The van der Waals surface area contributed by atoms with Gasteiger partial charge in [-0.25, -0.2) is 4.98 Å². The smallest absolute Gasteiger partial charge is 0.387 e. The van der Waals surface area contributed by atoms with E-state index in [-0.39, 0.29) is 23.7 Å². The predicted octanol–water partition coefficient (Wildman–Crippen LogP) is 5.32. The first-order valence-corrected chi connectivity index (χ1v) is 9.97. The molecule has 4 aromatic rings. The molecule has 0 aliphatic carbocycles. The molecule has 0 bridgehead atoms. The molecule has 0 radical (unpaired) electrons. The Balaban J connectivity index is 1.49. The molecule has 1 amide bonds. The van der Waals surface area contributed by atoms with Crippen molar-refractivity contribution >= 4 is 27.9 Å². The summed E-state index contributed by atoms with van der Waals surface area (Å²) in [5, 5.41) is 4.75. The zero-order valence-electron chi connectivity index (χ0n) is 15.8. The van der Waals surface area contributed by atoms with Crippen molar-refractivity contribution in [1.82, 2.24) is 9.38 Å². The van der Waals surface area contributed by atoms with E-state index in [4.69, 9.17) is 4.74 Å². The number of imidazole rings is 1. The molecule has 2 aromatic carbocycles. The van der Waals surface area contributed by atoms with Gasteiger partial charge in [-0.2, -0.15) is 8.78 Å². The Hall–Kier alpha value is -3.46. The standard InChI is InChI=1S/C21H17F2N3O3S/c1-2-28-18-11-14(5-8-17(18)29-20(22)23)19(27)24-15-6-3-13(4-7-15)16-12-26-9-10-30-21(26)25-16/h3-12,20H,2H2,1H3,(H,24,27). The van der Waals surface area contributed by atoms with Crippen molar-refractivity contribution in [2.45, 2.75) is 13.5 Å². The van der Waals surface area contributed by atoms with Gasteiger partial charge < -0.3 is 14.8 Å². The molecule has 9 heteroatoms. The number of benzene rings is 2. The van der Waals surface area contributed by atoms with E-state index in [1.54, 1.807) is 30.4 Å². The number of anilines is 1. The molecule has 2 heterocycles. The first-order chi connectivity index (χ1) is 14.5. The van der Waals surface area contributed by atoms with E-state index in [2.05, 4.69) is 15.0 Å². The maximum Gasteiger partial charge on any atom is 0.387 e. The summed E-state index contributed by atoms with van der Waals surface area (Å²) >= 11 is 1.55. The first kappa shape index (κ1) is 19.8. The summed E-state index contributed by atoms with van der Waals surface area (Å²) in [6.07, 6.45) is 3.89. The molecule has 2 aromatic heterocycles. The van der Waals surface area contributed by atoms with E-state index < -0.39 is 12.5 Å². The molecule has 4 rings (SSSR count). The van der Waals surface area contributed by atoms with E-state index in [1.807, 2.05) is 34.3 Å². The van der Waals surface area contributed by atoms with Gasteiger partial charge >= 0.3 is 6.61 Å². The molecule has 0 fully saturated rings. The number of thiazole rings is 1. The van der Waals surface area contributed by atoms with Crippen LogP contribution in [0.3, 0.4) is 0 Å². The monoisotopic (exact) mass is 429 g/mol. The van der Waals surface area contributed by atoms with Crippen molar-refractivity contribution in [3.63, 3.8) is 0 Å². The lowest BCUT2D eigenvalue weighted by molar-refractivity contribution is -0.0514. The number of aromatic nitrogens is 2. The van der Waals surface area contributed by atoms with Crippen LogP contribution in [0.1, 0.15) is 17.3 Å². The highest BCUT2D eigenvalue weighted by Crippen LogP contribution is 2.30. The van der Waals surface area contributed by atoms with Crippen molar-refractivity contribution in [3.8, 4) is 22.8 Å². The number of carbonyl (C=O) groups excluding carboxylic acids is 1. The van der Waals surface area contributed by atoms with Crippen molar-refractivity contribution < 1.29 is 23.0 Å². The molecule has 0 aliphatic heterocycles. The van der Waals surface area contributed by atoms with Crippen LogP contribution in [0.4, 0.5) is 14.5 Å². The summed E-state index contributed by atoms with van der Waals surface area (Å²) in [6, 6.07) is 11.4. The minimum absolute atomic E-state index is 0.0838. The molecule has 1 N–H and O–H groups in total. The Kier molecular flexibility index (Phi) is 5.62. The highest BCUT2D eigenvalue weighted by atomic mass is 32.1. The van der Waals surface area contributed by atoms with Crippen molar-refractivity contribution in [1.29, 1.82) is 0 Å². The number of amides is 1. The van der Waals surface area contributed by atoms with Crippen LogP contribution in [0.15, 0.2) is 60.2 Å². The number of halogens is 2. The molecule has 0 aliphatic rings. The number of fused-ring (bicyclic) bond motifs is 1. The van der Waals surface area contributed by atoms with Crippen LogP contribution in [0, 0.1) is 0 Å². The van der Waals surface area contributed by atoms with E-state index in [9.17, 15) is 13.6 Å². The summed E-state index contributed by atoms with van der Waals surface area (Å²) in [5.41, 5.74) is 2.63. The van der Waals surface area contributed by atoms with Crippen LogP contribution in [0.2, 0.25) is 0 Å². The highest BCUT2D eigenvalue weighted by Gasteiger charge is 2.15. The molecular formula is C21H17F2N3O3S. The maximum atomic E-state index is 12.6. The molecule has 0 saturated carbocycles. The van der Waals surface area contributed by atoms with Crippen molar-refractivity contribution in [2.24, 2.45) is 0 Å². The lowest BCUT2D eigenvalue weighted by atomic mass is 10.1. The molecule has 0 unspecified atom stereocenters. The van der Waals surface area contributed by atoms with Gasteiger partial charge in [-0.3, -0.25) is 9.20 Å². The van der Waals surface area contributed by atoms with Crippen LogP contribution in [0.5, 0.6) is 11.5 Å². The molecular weight excluding hydrogens is 412 g/mol. The minimum Gasteiger partial charge on any atom is -0.490 e. The molecule has 30 heavy (non-hydrogen) atoms. The summed E-state index contributed by atoms with van der Waals surface area (Å²) in [7, 11) is 0. The average Bonchev–Trinajstić information content (AvgIpc) is 3.32. The normalized spacial score (nSPS) is 11.1. The Morgan fingerprint density at radius 2 is 2.00 bits per heavy atom. The van der Waals surface area contributed by atoms with Gasteiger partial charge in [0.1, 0.15) is 0 Å². The Labute approximate surface area is 174 Å². The zero-order valence-corrected chi connectivity index (χ0v) is 16.7. The lowest BCUT2D eigenvalue weighted by Gasteiger charge is -2.13. The number of ether oxygens (including phenoxy) is 2. The van der Waals surface area contributed by atoms with Gasteiger partial charge in [0, 0.05) is 34.6 Å². The molecule has 154 valence electrons. The minimum atomic E-state index is -2.98.